The molecule has 1 N–H and O–H groups in total. The van der Waals surface area contributed by atoms with E-state index in [-0.39, 0.29) is 18.7 Å². The van der Waals surface area contributed by atoms with Crippen LogP contribution in [-0.2, 0) is 14.8 Å². The van der Waals surface area contributed by atoms with E-state index in [2.05, 4.69) is 5.32 Å². The summed E-state index contributed by atoms with van der Waals surface area (Å²) in [5.74, 6) is -2.59. The van der Waals surface area contributed by atoms with Gasteiger partial charge in [0.25, 0.3) is 0 Å². The Hall–Kier alpha value is -2.99. The summed E-state index contributed by atoms with van der Waals surface area (Å²) < 4.78 is 52.0. The minimum atomic E-state index is -3.70. The molecule has 6 nitrogen and oxygen atoms in total. The van der Waals surface area contributed by atoms with Gasteiger partial charge >= 0.3 is 0 Å². The molecule has 0 aromatic heterocycles. The van der Waals surface area contributed by atoms with Gasteiger partial charge in [-0.25, -0.2) is 17.2 Å². The molecule has 0 heterocycles. The molecule has 2 rings (SSSR count). The minimum absolute atomic E-state index is 0.230. The van der Waals surface area contributed by atoms with Gasteiger partial charge in [-0.15, -0.1) is 0 Å². The topological polar surface area (TPSA) is 90.3 Å². The van der Waals surface area contributed by atoms with E-state index in [1.807, 2.05) is 6.07 Å². The first-order chi connectivity index (χ1) is 12.2. The third-order valence-corrected chi connectivity index (χ3v) is 4.65. The van der Waals surface area contributed by atoms with E-state index < -0.39 is 33.3 Å². The van der Waals surface area contributed by atoms with Crippen molar-refractivity contribution in [3.05, 3.63) is 59.7 Å². The number of carbonyl (C=O) groups is 1. The zero-order valence-electron chi connectivity index (χ0n) is 13.7. The van der Waals surface area contributed by atoms with Gasteiger partial charge in [0.2, 0.25) is 15.9 Å². The van der Waals surface area contributed by atoms with Gasteiger partial charge in [-0.1, -0.05) is 6.07 Å². The number of para-hydroxylation sites is 1. The Labute approximate surface area is 149 Å². The minimum Gasteiger partial charge on any atom is -0.321 e. The number of amides is 1. The zero-order valence-corrected chi connectivity index (χ0v) is 14.6. The highest BCUT2D eigenvalue weighted by Crippen LogP contribution is 2.20. The number of nitrogens with one attached hydrogen (secondary N) is 1. The molecular weight excluding hydrogens is 364 g/mol. The summed E-state index contributed by atoms with van der Waals surface area (Å²) in [5.41, 5.74) is 0.0492. The van der Waals surface area contributed by atoms with Crippen LogP contribution in [0.4, 0.5) is 20.2 Å². The van der Waals surface area contributed by atoms with Crippen LogP contribution in [0.1, 0.15) is 12.0 Å². The number of anilines is 2. The van der Waals surface area contributed by atoms with Crippen molar-refractivity contribution in [3.8, 4) is 6.07 Å². The predicted octanol–water partition coefficient (Wildman–Crippen LogP) is 2.63. The van der Waals surface area contributed by atoms with Crippen molar-refractivity contribution in [2.45, 2.75) is 6.42 Å². The highest BCUT2D eigenvalue weighted by molar-refractivity contribution is 7.92. The van der Waals surface area contributed by atoms with E-state index in [0.29, 0.717) is 5.56 Å². The van der Waals surface area contributed by atoms with Gasteiger partial charge in [0, 0.05) is 13.0 Å². The maximum Gasteiger partial charge on any atom is 0.232 e. The lowest BCUT2D eigenvalue weighted by atomic mass is 10.2. The lowest BCUT2D eigenvalue weighted by Gasteiger charge is -2.22. The molecule has 0 fully saturated rings. The van der Waals surface area contributed by atoms with Crippen molar-refractivity contribution in [2.24, 2.45) is 0 Å². The van der Waals surface area contributed by atoms with Gasteiger partial charge in [-0.2, -0.15) is 5.26 Å². The van der Waals surface area contributed by atoms with Crippen LogP contribution in [0.3, 0.4) is 0 Å². The first-order valence-corrected chi connectivity index (χ1v) is 9.29. The van der Waals surface area contributed by atoms with Crippen molar-refractivity contribution in [1.82, 2.24) is 0 Å². The normalized spacial score (nSPS) is 10.8. The zero-order chi connectivity index (χ0) is 19.3. The summed E-state index contributed by atoms with van der Waals surface area (Å²) >= 11 is 0. The highest BCUT2D eigenvalue weighted by atomic mass is 32.2. The highest BCUT2D eigenvalue weighted by Gasteiger charge is 2.19. The van der Waals surface area contributed by atoms with E-state index in [0.717, 1.165) is 28.8 Å². The number of hydrogen-bond donors (Lipinski definition) is 1. The summed E-state index contributed by atoms with van der Waals surface area (Å²) in [6.07, 6.45) is 0.653. The second-order valence-corrected chi connectivity index (χ2v) is 7.30. The Balaban J connectivity index is 2.12. The van der Waals surface area contributed by atoms with E-state index in [1.54, 1.807) is 0 Å². The van der Waals surface area contributed by atoms with Gasteiger partial charge < -0.3 is 5.32 Å². The van der Waals surface area contributed by atoms with Gasteiger partial charge in [-0.05, 0) is 36.4 Å². The molecule has 2 aromatic carbocycles. The van der Waals surface area contributed by atoms with Gasteiger partial charge in [-0.3, -0.25) is 9.10 Å². The molecule has 0 aliphatic carbocycles. The van der Waals surface area contributed by atoms with Crippen molar-refractivity contribution in [2.75, 3.05) is 22.4 Å². The van der Waals surface area contributed by atoms with Gasteiger partial charge in [0.1, 0.15) is 17.3 Å². The van der Waals surface area contributed by atoms with E-state index in [4.69, 9.17) is 5.26 Å². The van der Waals surface area contributed by atoms with Crippen LogP contribution in [0.25, 0.3) is 0 Å². The summed E-state index contributed by atoms with van der Waals surface area (Å²) in [5, 5.41) is 10.9. The fraction of sp³-hybridized carbons (Fsp3) is 0.176. The average molecular weight is 379 g/mol. The molecule has 0 spiro atoms. The SMILES string of the molecule is CS(=O)(=O)N(CCC(=O)Nc1c(F)cccc1F)c1ccc(C#N)cc1. The Kier molecular flexibility index (Phi) is 5.90. The van der Waals surface area contributed by atoms with Crippen LogP contribution >= 0.6 is 0 Å². The van der Waals surface area contributed by atoms with Crippen LogP contribution in [0.2, 0.25) is 0 Å². The second kappa shape index (κ2) is 7.93. The number of carbonyl (C=O) groups excluding carboxylic acids is 1. The molecule has 0 unspecified atom stereocenters. The van der Waals surface area contributed by atoms with Gasteiger partial charge in [0.15, 0.2) is 0 Å². The van der Waals surface area contributed by atoms with Crippen molar-refractivity contribution < 1.29 is 22.0 Å². The van der Waals surface area contributed by atoms with Crippen LogP contribution in [-0.4, -0.2) is 27.1 Å². The molecule has 136 valence electrons. The number of rotatable bonds is 6. The lowest BCUT2D eigenvalue weighted by molar-refractivity contribution is -0.116. The molecule has 1 amide bonds. The molecule has 9 heteroatoms. The van der Waals surface area contributed by atoms with Crippen molar-refractivity contribution in [3.63, 3.8) is 0 Å². The third kappa shape index (κ3) is 4.77. The van der Waals surface area contributed by atoms with Crippen LogP contribution in [0.5, 0.6) is 0 Å². The van der Waals surface area contributed by atoms with Crippen molar-refractivity contribution >= 4 is 27.3 Å². The smallest absolute Gasteiger partial charge is 0.232 e. The molecule has 26 heavy (non-hydrogen) atoms. The monoisotopic (exact) mass is 379 g/mol. The number of nitrogens with zero attached hydrogens (tertiary/aromatic N) is 2. The summed E-state index contributed by atoms with van der Waals surface area (Å²) in [4.78, 5) is 12.0. The van der Waals surface area contributed by atoms with E-state index in [9.17, 15) is 22.0 Å². The standard InChI is InChI=1S/C17H15F2N3O3S/c1-26(24,25)22(13-7-5-12(11-20)6-8-13)10-9-16(23)21-17-14(18)3-2-4-15(17)19/h2-8H,9-10H2,1H3,(H,21,23). The summed E-state index contributed by atoms with van der Waals surface area (Å²) in [6, 6.07) is 10.8. The Morgan fingerprint density at radius 1 is 1.15 bits per heavy atom. The number of benzene rings is 2. The molecule has 0 aliphatic heterocycles. The Morgan fingerprint density at radius 2 is 1.73 bits per heavy atom. The Bertz CT molecular complexity index is 934. The first kappa shape index (κ1) is 19.3. The molecule has 0 bridgehead atoms. The van der Waals surface area contributed by atoms with Gasteiger partial charge in [0.05, 0.1) is 23.6 Å². The fourth-order valence-electron chi connectivity index (χ4n) is 2.21. The largest absolute Gasteiger partial charge is 0.321 e. The van der Waals surface area contributed by atoms with Crippen LogP contribution < -0.4 is 9.62 Å². The van der Waals surface area contributed by atoms with Crippen molar-refractivity contribution in [1.29, 1.82) is 5.26 Å². The number of halogens is 2. The summed E-state index contributed by atoms with van der Waals surface area (Å²) in [6.45, 7) is -0.230. The number of hydrogen-bond acceptors (Lipinski definition) is 4. The average Bonchev–Trinajstić information content (AvgIpc) is 2.58. The number of nitriles is 1. The fourth-order valence-corrected chi connectivity index (χ4v) is 3.14. The van der Waals surface area contributed by atoms with E-state index >= 15 is 0 Å². The maximum atomic E-state index is 13.5. The third-order valence-electron chi connectivity index (χ3n) is 3.45. The predicted molar refractivity (Wildman–Crippen MR) is 93.0 cm³/mol. The Morgan fingerprint density at radius 3 is 2.23 bits per heavy atom. The van der Waals surface area contributed by atoms with E-state index in [1.165, 1.54) is 24.3 Å². The maximum absolute atomic E-state index is 13.5. The number of sulfonamides is 1. The lowest BCUT2D eigenvalue weighted by Crippen LogP contribution is -2.33. The molecule has 0 atom stereocenters. The van der Waals surface area contributed by atoms with Crippen LogP contribution in [0.15, 0.2) is 42.5 Å². The molecule has 2 aromatic rings. The molecular formula is C17H15F2N3O3S. The molecule has 0 radical (unpaired) electrons. The second-order valence-electron chi connectivity index (χ2n) is 5.39. The molecule has 0 saturated heterocycles. The first-order valence-electron chi connectivity index (χ1n) is 7.44. The summed E-state index contributed by atoms with van der Waals surface area (Å²) in [7, 11) is -3.70. The molecule has 0 saturated carbocycles. The van der Waals surface area contributed by atoms with Crippen LogP contribution in [0, 0.1) is 23.0 Å². The molecule has 0 aliphatic rings. The quantitative estimate of drug-likeness (QED) is 0.835.